The van der Waals surface area contributed by atoms with Crippen LogP contribution in [-0.2, 0) is 6.18 Å². The standard InChI is InChI=1S/C25H16F3N3/c26-25(27,28)19-12-13-21-20(16-19)22(17-8-3-1-4-9-17)23(18-10-5-2-6-11-18)31(21)24-29-14-7-15-30-24/h1-16H. The van der Waals surface area contributed by atoms with E-state index >= 15 is 0 Å². The Labute approximate surface area is 176 Å². The van der Waals surface area contributed by atoms with Crippen LogP contribution >= 0.6 is 0 Å². The van der Waals surface area contributed by atoms with Crippen LogP contribution in [0.2, 0.25) is 0 Å². The van der Waals surface area contributed by atoms with Crippen molar-refractivity contribution in [2.45, 2.75) is 6.18 Å². The summed E-state index contributed by atoms with van der Waals surface area (Å²) in [5.74, 6) is 0.397. The second-order valence-corrected chi connectivity index (χ2v) is 7.07. The molecule has 2 aromatic heterocycles. The van der Waals surface area contributed by atoms with Crippen LogP contribution in [0.5, 0.6) is 0 Å². The van der Waals surface area contributed by atoms with E-state index in [4.69, 9.17) is 0 Å². The SMILES string of the molecule is FC(F)(F)c1ccc2c(c1)c(-c1ccccc1)c(-c1ccccc1)n2-c1ncccn1. The van der Waals surface area contributed by atoms with Crippen LogP contribution in [0.4, 0.5) is 13.2 Å². The van der Waals surface area contributed by atoms with Gasteiger partial charge in [-0.1, -0.05) is 60.7 Å². The predicted molar refractivity (Wildman–Crippen MR) is 115 cm³/mol. The van der Waals surface area contributed by atoms with Gasteiger partial charge in [-0.3, -0.25) is 4.57 Å². The minimum absolute atomic E-state index is 0.397. The number of rotatable bonds is 3. The lowest BCUT2D eigenvalue weighted by Gasteiger charge is -2.11. The van der Waals surface area contributed by atoms with Gasteiger partial charge in [-0.2, -0.15) is 13.2 Å². The summed E-state index contributed by atoms with van der Waals surface area (Å²) in [6.45, 7) is 0. The van der Waals surface area contributed by atoms with Crippen molar-refractivity contribution in [2.24, 2.45) is 0 Å². The molecule has 0 bridgehead atoms. The largest absolute Gasteiger partial charge is 0.416 e. The first-order valence-corrected chi connectivity index (χ1v) is 9.68. The Bertz CT molecular complexity index is 1340. The molecule has 31 heavy (non-hydrogen) atoms. The van der Waals surface area contributed by atoms with Crippen molar-refractivity contribution in [1.82, 2.24) is 14.5 Å². The van der Waals surface area contributed by atoms with Gasteiger partial charge < -0.3 is 0 Å². The molecule has 0 radical (unpaired) electrons. The fourth-order valence-corrected chi connectivity index (χ4v) is 3.85. The summed E-state index contributed by atoms with van der Waals surface area (Å²) < 4.78 is 42.5. The second-order valence-electron chi connectivity index (χ2n) is 7.07. The summed E-state index contributed by atoms with van der Waals surface area (Å²) in [6.07, 6.45) is -1.20. The number of alkyl halides is 3. The molecule has 0 amide bonds. The summed E-state index contributed by atoms with van der Waals surface area (Å²) >= 11 is 0. The van der Waals surface area contributed by atoms with Crippen molar-refractivity contribution in [3.05, 3.63) is 103 Å². The van der Waals surface area contributed by atoms with Gasteiger partial charge in [-0.25, -0.2) is 9.97 Å². The van der Waals surface area contributed by atoms with Gasteiger partial charge in [0.25, 0.3) is 0 Å². The second kappa shape index (κ2) is 7.40. The van der Waals surface area contributed by atoms with Gasteiger partial charge >= 0.3 is 6.18 Å². The lowest BCUT2D eigenvalue weighted by molar-refractivity contribution is -0.137. The molecule has 3 aromatic carbocycles. The Kier molecular flexibility index (Phi) is 4.55. The van der Waals surface area contributed by atoms with Crippen molar-refractivity contribution in [3.63, 3.8) is 0 Å². The van der Waals surface area contributed by atoms with E-state index in [1.807, 2.05) is 65.2 Å². The van der Waals surface area contributed by atoms with Crippen LogP contribution in [0, 0.1) is 0 Å². The monoisotopic (exact) mass is 415 g/mol. The third kappa shape index (κ3) is 3.36. The highest BCUT2D eigenvalue weighted by atomic mass is 19.4. The normalized spacial score (nSPS) is 11.7. The van der Waals surface area contributed by atoms with Crippen molar-refractivity contribution < 1.29 is 13.2 Å². The van der Waals surface area contributed by atoms with E-state index in [1.54, 1.807) is 18.5 Å². The van der Waals surface area contributed by atoms with Gasteiger partial charge in [0.05, 0.1) is 16.8 Å². The Hall–Kier alpha value is -3.93. The molecular formula is C25H16F3N3. The summed E-state index contributed by atoms with van der Waals surface area (Å²) in [6, 6.07) is 24.5. The highest BCUT2D eigenvalue weighted by molar-refractivity contribution is 6.05. The van der Waals surface area contributed by atoms with Crippen LogP contribution in [0.15, 0.2) is 97.3 Å². The Morgan fingerprint density at radius 2 is 1.29 bits per heavy atom. The first kappa shape index (κ1) is 19.1. The summed E-state index contributed by atoms with van der Waals surface area (Å²) in [5.41, 5.74) is 3.05. The number of halogens is 3. The molecule has 3 nitrogen and oxygen atoms in total. The van der Waals surface area contributed by atoms with E-state index in [9.17, 15) is 13.2 Å². The van der Waals surface area contributed by atoms with Gasteiger partial charge in [0.15, 0.2) is 0 Å². The molecule has 0 unspecified atom stereocenters. The van der Waals surface area contributed by atoms with Crippen LogP contribution in [0.1, 0.15) is 5.56 Å². The molecule has 0 atom stereocenters. The van der Waals surface area contributed by atoms with Crippen molar-refractivity contribution in [1.29, 1.82) is 0 Å². The predicted octanol–water partition coefficient (Wildman–Crippen LogP) is 6.77. The first-order valence-electron chi connectivity index (χ1n) is 9.68. The fraction of sp³-hybridized carbons (Fsp3) is 0.0400. The van der Waals surface area contributed by atoms with Gasteiger partial charge in [0, 0.05) is 23.3 Å². The molecule has 0 N–H and O–H groups in total. The van der Waals surface area contributed by atoms with Crippen LogP contribution < -0.4 is 0 Å². The quantitative estimate of drug-likeness (QED) is 0.325. The zero-order valence-corrected chi connectivity index (χ0v) is 16.2. The Balaban J connectivity index is 1.97. The minimum atomic E-state index is -4.44. The Morgan fingerprint density at radius 3 is 1.90 bits per heavy atom. The highest BCUT2D eigenvalue weighted by Crippen LogP contribution is 2.43. The fourth-order valence-electron chi connectivity index (χ4n) is 3.85. The van der Waals surface area contributed by atoms with E-state index in [1.165, 1.54) is 12.1 Å². The van der Waals surface area contributed by atoms with E-state index in [0.29, 0.717) is 22.4 Å². The average molecular weight is 415 g/mol. The molecule has 0 aliphatic rings. The number of nitrogens with zero attached hydrogens (tertiary/aromatic N) is 3. The van der Waals surface area contributed by atoms with E-state index in [0.717, 1.165) is 22.9 Å². The number of fused-ring (bicyclic) bond motifs is 1. The molecule has 0 spiro atoms. The van der Waals surface area contributed by atoms with Crippen molar-refractivity contribution >= 4 is 10.9 Å². The van der Waals surface area contributed by atoms with E-state index in [2.05, 4.69) is 9.97 Å². The molecular weight excluding hydrogens is 399 g/mol. The minimum Gasteiger partial charge on any atom is -0.277 e. The summed E-state index contributed by atoms with van der Waals surface area (Å²) in [4.78, 5) is 8.79. The van der Waals surface area contributed by atoms with Gasteiger partial charge in [0.1, 0.15) is 0 Å². The van der Waals surface area contributed by atoms with Crippen LogP contribution in [0.25, 0.3) is 39.2 Å². The maximum Gasteiger partial charge on any atom is 0.416 e. The lowest BCUT2D eigenvalue weighted by atomic mass is 9.97. The average Bonchev–Trinajstić information content (AvgIpc) is 3.15. The molecule has 6 heteroatoms. The third-order valence-electron chi connectivity index (χ3n) is 5.16. The molecule has 0 saturated heterocycles. The smallest absolute Gasteiger partial charge is 0.277 e. The van der Waals surface area contributed by atoms with Crippen molar-refractivity contribution in [2.75, 3.05) is 0 Å². The zero-order chi connectivity index (χ0) is 21.4. The summed E-state index contributed by atoms with van der Waals surface area (Å²) in [5, 5.41) is 0.493. The van der Waals surface area contributed by atoms with Crippen molar-refractivity contribution in [3.8, 4) is 28.3 Å². The molecule has 5 aromatic rings. The van der Waals surface area contributed by atoms with Crippen LogP contribution in [0.3, 0.4) is 0 Å². The molecule has 2 heterocycles. The van der Waals surface area contributed by atoms with Gasteiger partial charge in [0.2, 0.25) is 5.95 Å². The maximum absolute atomic E-state index is 13.6. The summed E-state index contributed by atoms with van der Waals surface area (Å²) in [7, 11) is 0. The number of aromatic nitrogens is 3. The maximum atomic E-state index is 13.6. The van der Waals surface area contributed by atoms with E-state index < -0.39 is 11.7 Å². The third-order valence-corrected chi connectivity index (χ3v) is 5.16. The first-order chi connectivity index (χ1) is 15.0. The molecule has 0 fully saturated rings. The molecule has 5 rings (SSSR count). The number of hydrogen-bond donors (Lipinski definition) is 0. The van der Waals surface area contributed by atoms with E-state index in [-0.39, 0.29) is 0 Å². The highest BCUT2D eigenvalue weighted by Gasteiger charge is 2.32. The molecule has 0 saturated carbocycles. The lowest BCUT2D eigenvalue weighted by Crippen LogP contribution is -2.05. The molecule has 0 aliphatic carbocycles. The topological polar surface area (TPSA) is 30.7 Å². The Morgan fingerprint density at radius 1 is 0.677 bits per heavy atom. The van der Waals surface area contributed by atoms with Gasteiger partial charge in [-0.05, 0) is 35.4 Å². The number of benzene rings is 3. The van der Waals surface area contributed by atoms with Gasteiger partial charge in [-0.15, -0.1) is 0 Å². The molecule has 0 aliphatic heterocycles. The van der Waals surface area contributed by atoms with Crippen LogP contribution in [-0.4, -0.2) is 14.5 Å². The molecule has 152 valence electrons. The zero-order valence-electron chi connectivity index (χ0n) is 16.2. The number of hydrogen-bond acceptors (Lipinski definition) is 2.